The Balaban J connectivity index is 1.76. The van der Waals surface area contributed by atoms with E-state index in [-0.39, 0.29) is 16.7 Å². The molecule has 9 heteroatoms. The monoisotopic (exact) mass is 397 g/mol. The number of halogens is 3. The highest BCUT2D eigenvalue weighted by molar-refractivity contribution is 7.78. The molecule has 0 amide bonds. The van der Waals surface area contributed by atoms with Gasteiger partial charge in [0, 0.05) is 41.6 Å². The summed E-state index contributed by atoms with van der Waals surface area (Å²) in [6, 6.07) is 1.94. The van der Waals surface area contributed by atoms with E-state index in [9.17, 15) is 18.0 Å². The van der Waals surface area contributed by atoms with Crippen molar-refractivity contribution in [1.82, 2.24) is 13.9 Å². The van der Waals surface area contributed by atoms with Gasteiger partial charge in [-0.2, -0.15) is 13.2 Å². The fourth-order valence-electron chi connectivity index (χ4n) is 3.30. The van der Waals surface area contributed by atoms with Gasteiger partial charge in [-0.1, -0.05) is 12.8 Å². The van der Waals surface area contributed by atoms with Gasteiger partial charge in [0.2, 0.25) is 0 Å². The number of aromatic nitrogens is 3. The number of pyridine rings is 1. The zero-order chi connectivity index (χ0) is 18.5. The molecule has 4 rings (SSSR count). The summed E-state index contributed by atoms with van der Waals surface area (Å²) in [5.74, 6) is 0.516. The Labute approximate surface area is 156 Å². The average Bonchev–Trinajstić information content (AvgIpc) is 3.20. The van der Waals surface area contributed by atoms with E-state index in [1.807, 2.05) is 6.07 Å². The Morgan fingerprint density at radius 2 is 2.00 bits per heavy atom. The third kappa shape index (κ3) is 3.14. The number of alkyl halides is 3. The van der Waals surface area contributed by atoms with Crippen LogP contribution in [0.25, 0.3) is 21.6 Å². The minimum atomic E-state index is -4.47. The Hall–Kier alpha value is -1.87. The van der Waals surface area contributed by atoms with Crippen molar-refractivity contribution < 1.29 is 18.0 Å². The van der Waals surface area contributed by atoms with Crippen molar-refractivity contribution in [2.24, 2.45) is 0 Å². The fourth-order valence-corrected chi connectivity index (χ4v) is 4.43. The topological polar surface area (TPSA) is 47.8 Å². The van der Waals surface area contributed by atoms with E-state index >= 15 is 0 Å². The van der Waals surface area contributed by atoms with Gasteiger partial charge in [0.15, 0.2) is 5.69 Å². The maximum atomic E-state index is 12.9. The standard InChI is InChI=1S/C17H14F3N3OS2/c18-17(19,20)14-8-26-16(22-14)13-7-23(25)15-12(13)5-10(6-21-15)9-1-3-11(24)4-2-9/h5-9,25H,1-4H2. The molecule has 26 heavy (non-hydrogen) atoms. The largest absolute Gasteiger partial charge is 0.434 e. The summed E-state index contributed by atoms with van der Waals surface area (Å²) < 4.78 is 40.1. The normalized spacial score (nSPS) is 16.5. The number of ketones is 1. The lowest BCUT2D eigenvalue weighted by molar-refractivity contribution is -0.140. The van der Waals surface area contributed by atoms with Crippen molar-refractivity contribution in [2.45, 2.75) is 37.8 Å². The summed E-state index contributed by atoms with van der Waals surface area (Å²) in [5, 5.41) is 2.02. The van der Waals surface area contributed by atoms with Crippen LogP contribution in [0.15, 0.2) is 23.8 Å². The van der Waals surface area contributed by atoms with Crippen molar-refractivity contribution in [3.05, 3.63) is 35.1 Å². The molecule has 1 saturated carbocycles. The first-order valence-corrected chi connectivity index (χ1v) is 9.36. The third-order valence-electron chi connectivity index (χ3n) is 4.69. The quantitative estimate of drug-likeness (QED) is 0.612. The molecule has 1 aliphatic carbocycles. The van der Waals surface area contributed by atoms with Gasteiger partial charge in [-0.05, 0) is 30.4 Å². The lowest BCUT2D eigenvalue weighted by Crippen LogP contribution is -2.12. The highest BCUT2D eigenvalue weighted by Crippen LogP contribution is 2.39. The molecule has 0 N–H and O–H groups in total. The first-order chi connectivity index (χ1) is 12.3. The van der Waals surface area contributed by atoms with Crippen LogP contribution in [-0.2, 0) is 11.0 Å². The van der Waals surface area contributed by atoms with Crippen molar-refractivity contribution in [1.29, 1.82) is 0 Å². The van der Waals surface area contributed by atoms with Gasteiger partial charge < -0.3 is 0 Å². The summed E-state index contributed by atoms with van der Waals surface area (Å²) in [4.78, 5) is 19.6. The van der Waals surface area contributed by atoms with Crippen molar-refractivity contribution >= 4 is 41.0 Å². The minimum Gasteiger partial charge on any atom is -0.300 e. The highest BCUT2D eigenvalue weighted by atomic mass is 32.1. The fraction of sp³-hybridized carbons (Fsp3) is 0.353. The van der Waals surface area contributed by atoms with Gasteiger partial charge in [0.05, 0.1) is 0 Å². The molecule has 136 valence electrons. The van der Waals surface area contributed by atoms with Gasteiger partial charge in [0.25, 0.3) is 0 Å². The molecule has 3 aromatic rings. The van der Waals surface area contributed by atoms with E-state index in [2.05, 4.69) is 22.8 Å². The Kier molecular flexibility index (Phi) is 4.31. The lowest BCUT2D eigenvalue weighted by Gasteiger charge is -2.21. The van der Waals surface area contributed by atoms with Crippen molar-refractivity contribution in [2.75, 3.05) is 0 Å². The predicted molar refractivity (Wildman–Crippen MR) is 96.4 cm³/mol. The second-order valence-electron chi connectivity index (χ2n) is 6.38. The van der Waals surface area contributed by atoms with Crippen LogP contribution in [0.4, 0.5) is 13.2 Å². The molecule has 0 atom stereocenters. The van der Waals surface area contributed by atoms with Crippen LogP contribution in [0, 0.1) is 0 Å². The Bertz CT molecular complexity index is 983. The van der Waals surface area contributed by atoms with E-state index in [0.717, 1.165) is 40.5 Å². The molecule has 4 nitrogen and oxygen atoms in total. The van der Waals surface area contributed by atoms with Crippen LogP contribution in [0.1, 0.15) is 42.9 Å². The second-order valence-corrected chi connectivity index (χ2v) is 7.66. The maximum absolute atomic E-state index is 12.9. The number of hydrogen-bond donors (Lipinski definition) is 1. The van der Waals surface area contributed by atoms with Crippen LogP contribution in [0.5, 0.6) is 0 Å². The molecular formula is C17H14F3N3OS2. The van der Waals surface area contributed by atoms with Crippen LogP contribution in [0.2, 0.25) is 0 Å². The molecule has 1 aliphatic rings. The second kappa shape index (κ2) is 6.38. The lowest BCUT2D eigenvalue weighted by atomic mass is 9.84. The Morgan fingerprint density at radius 1 is 1.27 bits per heavy atom. The van der Waals surface area contributed by atoms with Gasteiger partial charge in [-0.15, -0.1) is 11.3 Å². The smallest absolute Gasteiger partial charge is 0.300 e. The number of Topliss-reactive ketones (excluding diaryl/α,β-unsaturated/α-hetero) is 1. The summed E-state index contributed by atoms with van der Waals surface area (Å²) in [7, 11) is 0. The number of fused-ring (bicyclic) bond motifs is 1. The minimum absolute atomic E-state index is 0.239. The SMILES string of the molecule is O=C1CCC(c2cnc3c(c2)c(-c2nc(C(F)(F)F)cs2)cn3S)CC1. The molecule has 1 fully saturated rings. The first-order valence-electron chi connectivity index (χ1n) is 8.08. The third-order valence-corrected chi connectivity index (χ3v) is 5.87. The van der Waals surface area contributed by atoms with Crippen LogP contribution in [-0.4, -0.2) is 19.7 Å². The van der Waals surface area contributed by atoms with E-state index in [1.165, 1.54) is 3.97 Å². The molecule has 0 unspecified atom stereocenters. The Morgan fingerprint density at radius 3 is 2.65 bits per heavy atom. The van der Waals surface area contributed by atoms with Gasteiger partial charge >= 0.3 is 6.18 Å². The van der Waals surface area contributed by atoms with E-state index in [0.29, 0.717) is 24.1 Å². The molecule has 0 aliphatic heterocycles. The zero-order valence-corrected chi connectivity index (χ0v) is 15.2. The number of carbonyl (C=O) groups excluding carboxylic acids is 1. The number of thiol groups is 1. The number of rotatable bonds is 2. The highest BCUT2D eigenvalue weighted by Gasteiger charge is 2.34. The van der Waals surface area contributed by atoms with Gasteiger partial charge in [-0.25, -0.2) is 9.97 Å². The van der Waals surface area contributed by atoms with Crippen molar-refractivity contribution in [3.8, 4) is 10.6 Å². The average molecular weight is 397 g/mol. The van der Waals surface area contributed by atoms with Crippen LogP contribution < -0.4 is 0 Å². The summed E-state index contributed by atoms with van der Waals surface area (Å²) in [6.45, 7) is 0. The van der Waals surface area contributed by atoms with Crippen LogP contribution in [0.3, 0.4) is 0 Å². The predicted octanol–water partition coefficient (Wildman–Crippen LogP) is 5.10. The zero-order valence-electron chi connectivity index (χ0n) is 13.5. The number of carbonyl (C=O) groups is 1. The molecule has 0 spiro atoms. The summed E-state index contributed by atoms with van der Waals surface area (Å²) >= 11 is 5.27. The van der Waals surface area contributed by atoms with Crippen molar-refractivity contribution in [3.63, 3.8) is 0 Å². The number of nitrogens with zero attached hydrogens (tertiary/aromatic N) is 3. The molecular weight excluding hydrogens is 383 g/mol. The van der Waals surface area contributed by atoms with Gasteiger partial charge in [0.1, 0.15) is 16.4 Å². The summed E-state index contributed by atoms with van der Waals surface area (Å²) in [5.41, 5.74) is 1.25. The van der Waals surface area contributed by atoms with Gasteiger partial charge in [-0.3, -0.25) is 8.77 Å². The first kappa shape index (κ1) is 17.5. The summed E-state index contributed by atoms with van der Waals surface area (Å²) in [6.07, 6.45) is 1.61. The molecule has 3 heterocycles. The van der Waals surface area contributed by atoms with E-state index < -0.39 is 11.9 Å². The van der Waals surface area contributed by atoms with Crippen LogP contribution >= 0.6 is 24.2 Å². The maximum Gasteiger partial charge on any atom is 0.434 e. The van der Waals surface area contributed by atoms with E-state index in [1.54, 1.807) is 12.4 Å². The molecule has 0 aromatic carbocycles. The molecule has 0 saturated heterocycles. The number of thiazole rings is 1. The molecule has 0 bridgehead atoms. The number of hydrogen-bond acceptors (Lipinski definition) is 5. The van der Waals surface area contributed by atoms with E-state index in [4.69, 9.17) is 0 Å². The molecule has 3 aromatic heterocycles. The molecule has 0 radical (unpaired) electrons.